The van der Waals surface area contributed by atoms with Gasteiger partial charge in [-0.05, 0) is 30.7 Å². The number of anilines is 1. The topological polar surface area (TPSA) is 37.0 Å². The monoisotopic (exact) mass is 299 g/mol. The van der Waals surface area contributed by atoms with E-state index in [9.17, 15) is 0 Å². The lowest BCUT2D eigenvalue weighted by atomic mass is 10.2. The van der Waals surface area contributed by atoms with Crippen molar-refractivity contribution < 1.29 is 0 Å². The third-order valence-corrected chi connectivity index (χ3v) is 3.76. The molecular weight excluding hydrogens is 282 g/mol. The van der Waals surface area contributed by atoms with Crippen molar-refractivity contribution in [2.45, 2.75) is 6.42 Å². The number of halogens is 1. The first-order valence-electron chi connectivity index (χ1n) is 7.16. The average Bonchev–Trinajstić information content (AvgIpc) is 3.00. The number of rotatable bonds is 6. The largest absolute Gasteiger partial charge is 0.383 e. The predicted molar refractivity (Wildman–Crippen MR) is 90.0 cm³/mol. The molecule has 1 aliphatic carbocycles. The standard InChI is InChI=1S/C17H18ClN3/c18-14-5-6-15-16(7-8-20-17(15)11-14)21-10-9-19-12-13-3-1-2-4-13/h1-3,5-8,11,19H,4,9-10,12H2,(H,20,21). The van der Waals surface area contributed by atoms with Crippen LogP contribution in [0.2, 0.25) is 5.02 Å². The van der Waals surface area contributed by atoms with E-state index in [1.54, 1.807) is 0 Å². The highest BCUT2D eigenvalue weighted by Gasteiger charge is 2.02. The predicted octanol–water partition coefficient (Wildman–Crippen LogP) is 3.78. The van der Waals surface area contributed by atoms with E-state index in [1.807, 2.05) is 30.5 Å². The Hall–Kier alpha value is -1.84. The fourth-order valence-corrected chi connectivity index (χ4v) is 2.60. The number of fused-ring (bicyclic) bond motifs is 1. The van der Waals surface area contributed by atoms with Crippen LogP contribution >= 0.6 is 11.6 Å². The van der Waals surface area contributed by atoms with E-state index in [0.717, 1.165) is 42.6 Å². The van der Waals surface area contributed by atoms with E-state index in [-0.39, 0.29) is 0 Å². The normalized spacial score (nSPS) is 13.7. The Balaban J connectivity index is 1.53. The molecule has 0 amide bonds. The zero-order valence-electron chi connectivity index (χ0n) is 11.8. The van der Waals surface area contributed by atoms with Gasteiger partial charge in [0.15, 0.2) is 0 Å². The SMILES string of the molecule is Clc1ccc2c(NCCNCC3=CC=CC3)ccnc2c1. The fourth-order valence-electron chi connectivity index (χ4n) is 2.43. The minimum Gasteiger partial charge on any atom is -0.383 e. The summed E-state index contributed by atoms with van der Waals surface area (Å²) in [6.07, 6.45) is 9.37. The molecule has 21 heavy (non-hydrogen) atoms. The van der Waals surface area contributed by atoms with E-state index >= 15 is 0 Å². The second-order valence-electron chi connectivity index (χ2n) is 5.08. The molecule has 2 aromatic rings. The molecule has 1 aromatic heterocycles. The highest BCUT2D eigenvalue weighted by molar-refractivity contribution is 6.31. The van der Waals surface area contributed by atoms with Gasteiger partial charge in [0.1, 0.15) is 0 Å². The van der Waals surface area contributed by atoms with E-state index in [1.165, 1.54) is 5.57 Å². The molecule has 0 fully saturated rings. The minimum absolute atomic E-state index is 0.715. The van der Waals surface area contributed by atoms with Crippen molar-refractivity contribution in [1.82, 2.24) is 10.3 Å². The second-order valence-corrected chi connectivity index (χ2v) is 5.52. The second kappa shape index (κ2) is 6.74. The van der Waals surface area contributed by atoms with Crippen LogP contribution in [0.25, 0.3) is 10.9 Å². The molecule has 4 heteroatoms. The van der Waals surface area contributed by atoms with Gasteiger partial charge < -0.3 is 10.6 Å². The number of pyridine rings is 1. The molecule has 0 unspecified atom stereocenters. The molecule has 0 aliphatic heterocycles. The van der Waals surface area contributed by atoms with Crippen LogP contribution in [-0.2, 0) is 0 Å². The van der Waals surface area contributed by atoms with E-state index in [2.05, 4.69) is 33.8 Å². The van der Waals surface area contributed by atoms with Gasteiger partial charge in [-0.3, -0.25) is 4.98 Å². The first-order valence-corrected chi connectivity index (χ1v) is 7.54. The summed E-state index contributed by atoms with van der Waals surface area (Å²) in [5, 5.41) is 8.72. The molecule has 2 N–H and O–H groups in total. The van der Waals surface area contributed by atoms with Crippen LogP contribution in [0.3, 0.4) is 0 Å². The van der Waals surface area contributed by atoms with Gasteiger partial charge in [-0.2, -0.15) is 0 Å². The number of benzene rings is 1. The van der Waals surface area contributed by atoms with Crippen LogP contribution in [0.5, 0.6) is 0 Å². The Labute approximate surface area is 129 Å². The van der Waals surface area contributed by atoms with Crippen LogP contribution in [0, 0.1) is 0 Å². The van der Waals surface area contributed by atoms with Crippen LogP contribution in [0.1, 0.15) is 6.42 Å². The van der Waals surface area contributed by atoms with E-state index in [0.29, 0.717) is 5.02 Å². The summed E-state index contributed by atoms with van der Waals surface area (Å²) >= 11 is 6.00. The fraction of sp³-hybridized carbons (Fsp3) is 0.235. The van der Waals surface area contributed by atoms with Crippen molar-refractivity contribution >= 4 is 28.2 Å². The number of allylic oxidation sites excluding steroid dienone is 3. The van der Waals surface area contributed by atoms with Gasteiger partial charge in [-0.1, -0.05) is 35.4 Å². The van der Waals surface area contributed by atoms with E-state index in [4.69, 9.17) is 11.6 Å². The van der Waals surface area contributed by atoms with Crippen molar-refractivity contribution in [3.8, 4) is 0 Å². The average molecular weight is 300 g/mol. The maximum atomic E-state index is 6.00. The van der Waals surface area contributed by atoms with Crippen molar-refractivity contribution in [1.29, 1.82) is 0 Å². The van der Waals surface area contributed by atoms with Crippen LogP contribution in [-0.4, -0.2) is 24.6 Å². The summed E-state index contributed by atoms with van der Waals surface area (Å²) in [5.74, 6) is 0. The van der Waals surface area contributed by atoms with Gasteiger partial charge in [-0.15, -0.1) is 0 Å². The number of nitrogens with one attached hydrogen (secondary N) is 2. The number of nitrogens with zero attached hydrogens (tertiary/aromatic N) is 1. The minimum atomic E-state index is 0.715. The van der Waals surface area contributed by atoms with Gasteiger partial charge in [0, 0.05) is 41.9 Å². The van der Waals surface area contributed by atoms with Gasteiger partial charge >= 0.3 is 0 Å². The smallest absolute Gasteiger partial charge is 0.0737 e. The first-order chi connectivity index (χ1) is 10.3. The third kappa shape index (κ3) is 3.63. The summed E-state index contributed by atoms with van der Waals surface area (Å²) in [4.78, 5) is 4.34. The molecule has 0 spiro atoms. The van der Waals surface area contributed by atoms with Crippen LogP contribution in [0.4, 0.5) is 5.69 Å². The van der Waals surface area contributed by atoms with Gasteiger partial charge in [0.2, 0.25) is 0 Å². The first kappa shape index (κ1) is 14.1. The summed E-state index contributed by atoms with van der Waals surface area (Å²) in [5.41, 5.74) is 3.46. The molecule has 3 rings (SSSR count). The molecule has 0 bridgehead atoms. The summed E-state index contributed by atoms with van der Waals surface area (Å²) < 4.78 is 0. The lowest BCUT2D eigenvalue weighted by Crippen LogP contribution is -2.24. The Bertz CT molecular complexity index is 691. The Morgan fingerprint density at radius 3 is 3.00 bits per heavy atom. The van der Waals surface area contributed by atoms with Crippen molar-refractivity contribution in [3.05, 3.63) is 59.3 Å². The van der Waals surface area contributed by atoms with Gasteiger partial charge in [-0.25, -0.2) is 0 Å². The number of hydrogen-bond acceptors (Lipinski definition) is 3. The number of hydrogen-bond donors (Lipinski definition) is 2. The molecule has 3 nitrogen and oxygen atoms in total. The number of aromatic nitrogens is 1. The zero-order chi connectivity index (χ0) is 14.5. The molecular formula is C17H18ClN3. The van der Waals surface area contributed by atoms with Crippen LogP contribution in [0.15, 0.2) is 54.3 Å². The van der Waals surface area contributed by atoms with Gasteiger partial charge in [0.05, 0.1) is 5.52 Å². The zero-order valence-corrected chi connectivity index (χ0v) is 12.5. The maximum absolute atomic E-state index is 6.00. The Morgan fingerprint density at radius 2 is 2.14 bits per heavy atom. The summed E-state index contributed by atoms with van der Waals surface area (Å²) in [6.45, 7) is 2.76. The molecule has 1 heterocycles. The summed E-state index contributed by atoms with van der Waals surface area (Å²) in [6, 6.07) is 7.80. The van der Waals surface area contributed by atoms with Crippen molar-refractivity contribution in [2.24, 2.45) is 0 Å². The third-order valence-electron chi connectivity index (χ3n) is 3.52. The molecule has 0 radical (unpaired) electrons. The Kier molecular flexibility index (Phi) is 4.53. The molecule has 1 aliphatic rings. The molecule has 0 saturated heterocycles. The lowest BCUT2D eigenvalue weighted by Gasteiger charge is -2.10. The molecule has 108 valence electrons. The van der Waals surface area contributed by atoms with Crippen LogP contribution < -0.4 is 10.6 Å². The quantitative estimate of drug-likeness (QED) is 0.797. The van der Waals surface area contributed by atoms with Crippen molar-refractivity contribution in [3.63, 3.8) is 0 Å². The van der Waals surface area contributed by atoms with Gasteiger partial charge in [0.25, 0.3) is 0 Å². The highest BCUT2D eigenvalue weighted by atomic mass is 35.5. The maximum Gasteiger partial charge on any atom is 0.0737 e. The lowest BCUT2D eigenvalue weighted by molar-refractivity contribution is 0.745. The highest BCUT2D eigenvalue weighted by Crippen LogP contribution is 2.24. The Morgan fingerprint density at radius 1 is 1.19 bits per heavy atom. The van der Waals surface area contributed by atoms with E-state index < -0.39 is 0 Å². The van der Waals surface area contributed by atoms with Crippen molar-refractivity contribution in [2.75, 3.05) is 25.0 Å². The molecule has 1 aromatic carbocycles. The molecule has 0 atom stereocenters. The molecule has 0 saturated carbocycles. The summed E-state index contributed by atoms with van der Waals surface area (Å²) in [7, 11) is 0.